The molecule has 0 aliphatic heterocycles. The fourth-order valence-electron chi connectivity index (χ4n) is 0.329. The molecule has 0 bridgehead atoms. The van der Waals surface area contributed by atoms with Gasteiger partial charge in [-0.15, -0.1) is 11.3 Å². The normalized spacial score (nSPS) is 8.38. The Hall–Kier alpha value is -1.47. The van der Waals surface area contributed by atoms with Crippen LogP contribution < -0.4 is 5.73 Å². The summed E-state index contributed by atoms with van der Waals surface area (Å²) in [5.74, 6) is -1.93. The van der Waals surface area contributed by atoms with Crippen molar-refractivity contribution in [2.75, 3.05) is 6.54 Å². The van der Waals surface area contributed by atoms with Gasteiger partial charge < -0.3 is 15.9 Å². The van der Waals surface area contributed by atoms with Crippen molar-refractivity contribution in [1.82, 2.24) is 4.98 Å². The molecule has 1 heterocycles. The molecule has 0 spiro atoms. The zero-order valence-corrected chi connectivity index (χ0v) is 7.32. The van der Waals surface area contributed by atoms with Crippen molar-refractivity contribution >= 4 is 23.3 Å². The highest BCUT2D eigenvalue weighted by Gasteiger charge is 2.01. The van der Waals surface area contributed by atoms with Gasteiger partial charge in [0.25, 0.3) is 0 Å². The Bertz CT molecular complexity index is 272. The van der Waals surface area contributed by atoms with Gasteiger partial charge in [-0.1, -0.05) is 0 Å². The molecule has 0 radical (unpaired) electrons. The van der Waals surface area contributed by atoms with E-state index in [1.807, 2.05) is 0 Å². The summed E-state index contributed by atoms with van der Waals surface area (Å²) in [7, 11) is 0. The third-order valence-corrected chi connectivity index (χ3v) is 1.55. The molecular formula is C6H8N2O4S. The lowest BCUT2D eigenvalue weighted by Gasteiger charge is -1.77. The van der Waals surface area contributed by atoms with Crippen LogP contribution in [0.4, 0.5) is 0 Å². The second kappa shape index (κ2) is 6.09. The van der Waals surface area contributed by atoms with E-state index in [4.69, 9.17) is 10.2 Å². The van der Waals surface area contributed by atoms with E-state index in [0.29, 0.717) is 0 Å². The van der Waals surface area contributed by atoms with Crippen LogP contribution in [0.3, 0.4) is 0 Å². The number of carboxylic acids is 2. The van der Waals surface area contributed by atoms with Crippen molar-refractivity contribution in [2.45, 2.75) is 0 Å². The number of carbonyl (C=O) groups is 2. The summed E-state index contributed by atoms with van der Waals surface area (Å²) in [4.78, 5) is 22.8. The van der Waals surface area contributed by atoms with Crippen LogP contribution in [0.1, 0.15) is 9.80 Å². The third-order valence-electron chi connectivity index (χ3n) is 0.790. The van der Waals surface area contributed by atoms with Gasteiger partial charge in [0, 0.05) is 11.6 Å². The topological polar surface area (TPSA) is 114 Å². The molecule has 0 saturated heterocycles. The summed E-state index contributed by atoms with van der Waals surface area (Å²) >= 11 is 1.12. The summed E-state index contributed by atoms with van der Waals surface area (Å²) in [6, 6.07) is 0. The van der Waals surface area contributed by atoms with Gasteiger partial charge in [0.15, 0.2) is 0 Å². The Morgan fingerprint density at radius 3 is 2.23 bits per heavy atom. The maximum Gasteiger partial charge on any atom is 0.364 e. The standard InChI is InChI=1S/C4H3NO2S.C2H5NO2/c6-4(7)3-5-1-2-8-3;3-1-2(4)5/h1-2H,(H,6,7);1,3H2,(H,4,5). The monoisotopic (exact) mass is 204 g/mol. The number of carboxylic acid groups (broad SMARTS) is 2. The van der Waals surface area contributed by atoms with Crippen LogP contribution in [0.2, 0.25) is 0 Å². The van der Waals surface area contributed by atoms with E-state index in [9.17, 15) is 9.59 Å². The molecule has 1 aromatic rings. The van der Waals surface area contributed by atoms with Crippen LogP contribution in [0, 0.1) is 0 Å². The highest BCUT2D eigenvalue weighted by atomic mass is 32.1. The maximum atomic E-state index is 10.0. The maximum absolute atomic E-state index is 10.0. The summed E-state index contributed by atoms with van der Waals surface area (Å²) in [5.41, 5.74) is 4.57. The van der Waals surface area contributed by atoms with Gasteiger partial charge in [-0.05, 0) is 0 Å². The van der Waals surface area contributed by atoms with Crippen LogP contribution in [-0.4, -0.2) is 33.7 Å². The number of nitrogens with zero attached hydrogens (tertiary/aromatic N) is 1. The summed E-state index contributed by atoms with van der Waals surface area (Å²) in [6.07, 6.45) is 1.47. The fraction of sp³-hybridized carbons (Fsp3) is 0.167. The van der Waals surface area contributed by atoms with Gasteiger partial charge in [-0.25, -0.2) is 9.78 Å². The first-order chi connectivity index (χ1) is 6.07. The number of aliphatic carboxylic acids is 1. The lowest BCUT2D eigenvalue weighted by atomic mass is 10.7. The van der Waals surface area contributed by atoms with Crippen molar-refractivity contribution in [1.29, 1.82) is 0 Å². The lowest BCUT2D eigenvalue weighted by Crippen LogP contribution is -2.10. The highest BCUT2D eigenvalue weighted by Crippen LogP contribution is 2.01. The highest BCUT2D eigenvalue weighted by molar-refractivity contribution is 7.11. The number of nitrogens with two attached hydrogens (primary N) is 1. The third kappa shape index (κ3) is 5.76. The molecular weight excluding hydrogens is 196 g/mol. The van der Waals surface area contributed by atoms with Gasteiger partial charge >= 0.3 is 11.9 Å². The van der Waals surface area contributed by atoms with E-state index in [1.165, 1.54) is 6.20 Å². The van der Waals surface area contributed by atoms with Crippen LogP contribution >= 0.6 is 11.3 Å². The van der Waals surface area contributed by atoms with Crippen LogP contribution in [0.5, 0.6) is 0 Å². The molecule has 6 nitrogen and oxygen atoms in total. The minimum absolute atomic E-state index is 0.144. The molecule has 0 amide bonds. The number of rotatable bonds is 2. The predicted octanol–water partition coefficient (Wildman–Crippen LogP) is -0.129. The molecule has 1 aromatic heterocycles. The van der Waals surface area contributed by atoms with E-state index >= 15 is 0 Å². The zero-order chi connectivity index (χ0) is 10.3. The smallest absolute Gasteiger partial charge is 0.364 e. The summed E-state index contributed by atoms with van der Waals surface area (Å²) < 4.78 is 0. The van der Waals surface area contributed by atoms with Crippen molar-refractivity contribution in [2.24, 2.45) is 5.73 Å². The molecule has 0 atom stereocenters. The molecule has 0 aliphatic rings. The number of hydrogen-bond donors (Lipinski definition) is 3. The van der Waals surface area contributed by atoms with E-state index < -0.39 is 11.9 Å². The molecule has 7 heteroatoms. The molecule has 0 saturated carbocycles. The molecule has 72 valence electrons. The average Bonchev–Trinajstić information content (AvgIpc) is 2.57. The van der Waals surface area contributed by atoms with Crippen LogP contribution in [0.15, 0.2) is 11.6 Å². The van der Waals surface area contributed by atoms with E-state index in [2.05, 4.69) is 10.7 Å². The van der Waals surface area contributed by atoms with Gasteiger partial charge in [0.05, 0.1) is 6.54 Å². The van der Waals surface area contributed by atoms with Crippen molar-refractivity contribution in [3.05, 3.63) is 16.6 Å². The fourth-order valence-corrected chi connectivity index (χ4v) is 0.802. The molecule has 0 aromatic carbocycles. The second-order valence-electron chi connectivity index (χ2n) is 1.74. The quantitative estimate of drug-likeness (QED) is 0.618. The SMILES string of the molecule is NCC(=O)O.O=C(O)c1nccs1. The van der Waals surface area contributed by atoms with Crippen molar-refractivity contribution < 1.29 is 19.8 Å². The van der Waals surface area contributed by atoms with E-state index in [-0.39, 0.29) is 11.6 Å². The van der Waals surface area contributed by atoms with Crippen LogP contribution in [-0.2, 0) is 4.79 Å². The first-order valence-corrected chi connectivity index (χ1v) is 4.00. The molecule has 0 fully saturated rings. The number of hydrogen-bond acceptors (Lipinski definition) is 5. The summed E-state index contributed by atoms with van der Waals surface area (Å²) in [5, 5.41) is 17.6. The summed E-state index contributed by atoms with van der Waals surface area (Å²) in [6.45, 7) is -0.278. The largest absolute Gasteiger partial charge is 0.480 e. The number of thiazole rings is 1. The lowest BCUT2D eigenvalue weighted by molar-refractivity contribution is -0.135. The van der Waals surface area contributed by atoms with E-state index in [1.54, 1.807) is 5.38 Å². The average molecular weight is 204 g/mol. The number of aromatic carboxylic acids is 1. The Kier molecular flexibility index (Phi) is 5.40. The number of aromatic nitrogens is 1. The zero-order valence-electron chi connectivity index (χ0n) is 6.51. The molecule has 1 rings (SSSR count). The molecule has 0 aliphatic carbocycles. The Labute approximate surface area is 77.6 Å². The molecule has 4 N–H and O–H groups in total. The van der Waals surface area contributed by atoms with Crippen LogP contribution in [0.25, 0.3) is 0 Å². The molecule has 13 heavy (non-hydrogen) atoms. The van der Waals surface area contributed by atoms with Crippen molar-refractivity contribution in [3.8, 4) is 0 Å². The van der Waals surface area contributed by atoms with E-state index in [0.717, 1.165) is 11.3 Å². The minimum atomic E-state index is -0.968. The molecule has 0 unspecified atom stereocenters. The Morgan fingerprint density at radius 2 is 2.08 bits per heavy atom. The Morgan fingerprint density at radius 1 is 1.54 bits per heavy atom. The van der Waals surface area contributed by atoms with Gasteiger partial charge in [0.2, 0.25) is 5.01 Å². The van der Waals surface area contributed by atoms with Gasteiger partial charge in [0.1, 0.15) is 0 Å². The minimum Gasteiger partial charge on any atom is -0.480 e. The van der Waals surface area contributed by atoms with Gasteiger partial charge in [-0.3, -0.25) is 4.79 Å². The first-order valence-electron chi connectivity index (χ1n) is 3.12. The first kappa shape index (κ1) is 11.5. The Balaban J connectivity index is 0.000000252. The van der Waals surface area contributed by atoms with Crippen molar-refractivity contribution in [3.63, 3.8) is 0 Å². The van der Waals surface area contributed by atoms with Gasteiger partial charge in [-0.2, -0.15) is 0 Å². The second-order valence-corrected chi connectivity index (χ2v) is 2.63. The predicted molar refractivity (Wildman–Crippen MR) is 45.8 cm³/mol.